The molecule has 0 aliphatic carbocycles. The minimum atomic E-state index is -0.664. The maximum absolute atomic E-state index is 13.0. The standard InChI is InChI=1S/C19H15ClN4O2S/c1-2-14(17(25)23-12-7-5-11(20)6-8-12)24-10-22-15-13-4-3-9-21-18(13)27-16(15)19(24)26/h3-10,14H,2H2,1H3,(H,23,25). The highest BCUT2D eigenvalue weighted by atomic mass is 35.5. The van der Waals surface area contributed by atoms with E-state index in [1.165, 1.54) is 22.2 Å². The summed E-state index contributed by atoms with van der Waals surface area (Å²) in [5, 5.41) is 4.26. The van der Waals surface area contributed by atoms with Crippen molar-refractivity contribution in [3.05, 3.63) is 64.3 Å². The van der Waals surface area contributed by atoms with E-state index >= 15 is 0 Å². The Morgan fingerprint density at radius 3 is 2.78 bits per heavy atom. The Bertz CT molecular complexity index is 1200. The van der Waals surface area contributed by atoms with Crippen molar-refractivity contribution in [3.63, 3.8) is 0 Å². The zero-order chi connectivity index (χ0) is 19.0. The number of hydrogen-bond acceptors (Lipinski definition) is 5. The van der Waals surface area contributed by atoms with E-state index in [4.69, 9.17) is 11.6 Å². The van der Waals surface area contributed by atoms with Crippen LogP contribution in [0.25, 0.3) is 20.4 Å². The largest absolute Gasteiger partial charge is 0.324 e. The van der Waals surface area contributed by atoms with Gasteiger partial charge in [-0.05, 0) is 42.8 Å². The molecule has 0 aliphatic rings. The molecule has 1 unspecified atom stereocenters. The fourth-order valence-electron chi connectivity index (χ4n) is 2.97. The molecular weight excluding hydrogens is 384 g/mol. The van der Waals surface area contributed by atoms with Gasteiger partial charge in [-0.1, -0.05) is 18.5 Å². The summed E-state index contributed by atoms with van der Waals surface area (Å²) < 4.78 is 1.90. The third-order valence-electron chi connectivity index (χ3n) is 4.32. The van der Waals surface area contributed by atoms with Crippen molar-refractivity contribution in [3.8, 4) is 0 Å². The van der Waals surface area contributed by atoms with Gasteiger partial charge < -0.3 is 5.32 Å². The highest BCUT2D eigenvalue weighted by Crippen LogP contribution is 2.28. The van der Waals surface area contributed by atoms with Gasteiger partial charge in [0.15, 0.2) is 0 Å². The van der Waals surface area contributed by atoms with Crippen LogP contribution < -0.4 is 10.9 Å². The van der Waals surface area contributed by atoms with Crippen LogP contribution in [0.15, 0.2) is 53.7 Å². The summed E-state index contributed by atoms with van der Waals surface area (Å²) in [6.45, 7) is 1.86. The molecule has 0 spiro atoms. The number of rotatable bonds is 4. The molecule has 3 aromatic heterocycles. The van der Waals surface area contributed by atoms with Crippen LogP contribution in [0.2, 0.25) is 5.02 Å². The molecule has 0 radical (unpaired) electrons. The zero-order valence-electron chi connectivity index (χ0n) is 14.3. The fraction of sp³-hybridized carbons (Fsp3) is 0.158. The van der Waals surface area contributed by atoms with Crippen LogP contribution >= 0.6 is 22.9 Å². The highest BCUT2D eigenvalue weighted by molar-refractivity contribution is 7.25. The Morgan fingerprint density at radius 1 is 1.26 bits per heavy atom. The van der Waals surface area contributed by atoms with Crippen LogP contribution in [-0.4, -0.2) is 20.4 Å². The van der Waals surface area contributed by atoms with Gasteiger partial charge in [0.1, 0.15) is 15.6 Å². The molecule has 6 nitrogen and oxygen atoms in total. The van der Waals surface area contributed by atoms with Gasteiger partial charge in [0.2, 0.25) is 5.91 Å². The quantitative estimate of drug-likeness (QED) is 0.557. The Balaban J connectivity index is 1.73. The van der Waals surface area contributed by atoms with E-state index in [0.29, 0.717) is 27.3 Å². The number of nitrogens with one attached hydrogen (secondary N) is 1. The molecule has 8 heteroatoms. The van der Waals surface area contributed by atoms with Crippen LogP contribution in [0.1, 0.15) is 19.4 Å². The van der Waals surface area contributed by atoms with Gasteiger partial charge in [-0.25, -0.2) is 9.97 Å². The van der Waals surface area contributed by atoms with Gasteiger partial charge in [-0.15, -0.1) is 11.3 Å². The fourth-order valence-corrected chi connectivity index (χ4v) is 4.13. The topological polar surface area (TPSA) is 76.9 Å². The number of fused-ring (bicyclic) bond motifs is 3. The first kappa shape index (κ1) is 17.6. The predicted octanol–water partition coefficient (Wildman–Crippen LogP) is 4.25. The van der Waals surface area contributed by atoms with Gasteiger partial charge in [-0.2, -0.15) is 0 Å². The minimum absolute atomic E-state index is 0.235. The van der Waals surface area contributed by atoms with Gasteiger partial charge >= 0.3 is 0 Å². The van der Waals surface area contributed by atoms with Crippen LogP contribution in [-0.2, 0) is 4.79 Å². The Labute approximate surface area is 163 Å². The van der Waals surface area contributed by atoms with Crippen molar-refractivity contribution in [1.82, 2.24) is 14.5 Å². The second kappa shape index (κ2) is 7.09. The summed E-state index contributed by atoms with van der Waals surface area (Å²) in [6.07, 6.45) is 3.58. The van der Waals surface area contributed by atoms with Crippen LogP contribution in [0.3, 0.4) is 0 Å². The average Bonchev–Trinajstić information content (AvgIpc) is 3.06. The number of benzene rings is 1. The third-order valence-corrected chi connectivity index (χ3v) is 5.66. The van der Waals surface area contributed by atoms with Gasteiger partial charge in [0.05, 0.1) is 11.8 Å². The Morgan fingerprint density at radius 2 is 2.04 bits per heavy atom. The minimum Gasteiger partial charge on any atom is -0.324 e. The molecule has 0 fully saturated rings. The molecule has 3 heterocycles. The van der Waals surface area contributed by atoms with Crippen LogP contribution in [0.4, 0.5) is 5.69 Å². The number of amides is 1. The molecule has 1 N–H and O–H groups in total. The van der Waals surface area contributed by atoms with E-state index < -0.39 is 6.04 Å². The molecule has 0 aliphatic heterocycles. The number of carbonyl (C=O) groups excluding carboxylic acids is 1. The maximum atomic E-state index is 13.0. The second-order valence-corrected chi connectivity index (χ2v) is 7.45. The predicted molar refractivity (Wildman–Crippen MR) is 109 cm³/mol. The lowest BCUT2D eigenvalue weighted by Crippen LogP contribution is -2.33. The average molecular weight is 399 g/mol. The van der Waals surface area contributed by atoms with Crippen molar-refractivity contribution >= 4 is 55.0 Å². The molecule has 1 aromatic carbocycles. The van der Waals surface area contributed by atoms with E-state index in [-0.39, 0.29) is 11.5 Å². The summed E-state index contributed by atoms with van der Waals surface area (Å²) in [7, 11) is 0. The molecule has 0 bridgehead atoms. The molecule has 136 valence electrons. The van der Waals surface area contributed by atoms with Crippen molar-refractivity contribution < 1.29 is 4.79 Å². The van der Waals surface area contributed by atoms with Crippen LogP contribution in [0, 0.1) is 0 Å². The number of nitrogens with zero attached hydrogens (tertiary/aromatic N) is 3. The molecule has 1 atom stereocenters. The molecule has 4 rings (SSSR count). The Kier molecular flexibility index (Phi) is 4.63. The van der Waals surface area contributed by atoms with Gasteiger partial charge in [0, 0.05) is 22.3 Å². The van der Waals surface area contributed by atoms with E-state index in [0.717, 1.165) is 10.2 Å². The lowest BCUT2D eigenvalue weighted by molar-refractivity contribution is -0.119. The summed E-state index contributed by atoms with van der Waals surface area (Å²) in [4.78, 5) is 35.2. The number of carbonyl (C=O) groups is 1. The van der Waals surface area contributed by atoms with Gasteiger partial charge in [0.25, 0.3) is 5.56 Å². The maximum Gasteiger partial charge on any atom is 0.272 e. The lowest BCUT2D eigenvalue weighted by Gasteiger charge is -2.17. The summed E-state index contributed by atoms with van der Waals surface area (Å²) in [5.74, 6) is -0.276. The van der Waals surface area contributed by atoms with Crippen molar-refractivity contribution in [2.75, 3.05) is 5.32 Å². The number of halogens is 1. The number of pyridine rings is 1. The lowest BCUT2D eigenvalue weighted by atomic mass is 10.2. The molecule has 1 amide bonds. The summed E-state index contributed by atoms with van der Waals surface area (Å²) >= 11 is 7.17. The number of aromatic nitrogens is 3. The first-order valence-corrected chi connectivity index (χ1v) is 9.58. The van der Waals surface area contributed by atoms with E-state index in [1.54, 1.807) is 30.5 Å². The summed E-state index contributed by atoms with van der Waals surface area (Å²) in [5.41, 5.74) is 1.01. The molecule has 0 saturated heterocycles. The van der Waals surface area contributed by atoms with E-state index in [1.807, 2.05) is 19.1 Å². The van der Waals surface area contributed by atoms with Gasteiger partial charge in [-0.3, -0.25) is 14.2 Å². The van der Waals surface area contributed by atoms with Crippen LogP contribution in [0.5, 0.6) is 0 Å². The molecule has 4 aromatic rings. The first-order chi connectivity index (χ1) is 13.1. The molecule has 27 heavy (non-hydrogen) atoms. The third kappa shape index (κ3) is 3.20. The Hall–Kier alpha value is -2.77. The smallest absolute Gasteiger partial charge is 0.272 e. The van der Waals surface area contributed by atoms with E-state index in [9.17, 15) is 9.59 Å². The monoisotopic (exact) mass is 398 g/mol. The van der Waals surface area contributed by atoms with Crippen molar-refractivity contribution in [2.45, 2.75) is 19.4 Å². The molecule has 0 saturated carbocycles. The normalized spacial score (nSPS) is 12.4. The summed E-state index contributed by atoms with van der Waals surface area (Å²) in [6, 6.07) is 9.87. The van der Waals surface area contributed by atoms with Crippen molar-refractivity contribution in [1.29, 1.82) is 0 Å². The highest BCUT2D eigenvalue weighted by Gasteiger charge is 2.22. The first-order valence-electron chi connectivity index (χ1n) is 8.39. The number of hydrogen-bond donors (Lipinski definition) is 1. The molecular formula is C19H15ClN4O2S. The number of thiophene rings is 1. The number of anilines is 1. The second-order valence-electron chi connectivity index (χ2n) is 6.01. The van der Waals surface area contributed by atoms with E-state index in [2.05, 4.69) is 15.3 Å². The SMILES string of the molecule is CCC(C(=O)Nc1ccc(Cl)cc1)n1cnc2c(sc3ncccc32)c1=O. The zero-order valence-corrected chi connectivity index (χ0v) is 15.9. The van der Waals surface area contributed by atoms with Crippen molar-refractivity contribution in [2.24, 2.45) is 0 Å².